The van der Waals surface area contributed by atoms with Gasteiger partial charge in [0.15, 0.2) is 17.3 Å². The molecule has 2 amide bonds. The first-order valence-corrected chi connectivity index (χ1v) is 8.40. The van der Waals surface area contributed by atoms with Crippen LogP contribution in [0, 0.1) is 0 Å². The summed E-state index contributed by atoms with van der Waals surface area (Å²) in [7, 11) is 3.19. The van der Waals surface area contributed by atoms with Crippen LogP contribution in [0.5, 0.6) is 11.5 Å². The molecule has 0 aliphatic carbocycles. The van der Waals surface area contributed by atoms with Gasteiger partial charge in [0.05, 0.1) is 20.5 Å². The van der Waals surface area contributed by atoms with Gasteiger partial charge in [0.25, 0.3) is 5.91 Å². The summed E-state index contributed by atoms with van der Waals surface area (Å²) in [6, 6.07) is 6.40. The summed E-state index contributed by atoms with van der Waals surface area (Å²) in [5.41, 5.74) is 2.16. The maximum Gasteiger partial charge on any atom is 0.287 e. The minimum atomic E-state index is -0.644. The van der Waals surface area contributed by atoms with E-state index in [0.29, 0.717) is 24.6 Å². The number of hydrogen-bond acceptors (Lipinski definition) is 5. The smallest absolute Gasteiger partial charge is 0.287 e. The van der Waals surface area contributed by atoms with Crippen molar-refractivity contribution >= 4 is 11.8 Å². The minimum absolute atomic E-state index is 0.134. The van der Waals surface area contributed by atoms with Gasteiger partial charge in [0, 0.05) is 13.1 Å². The number of benzene rings is 1. The Kier molecular flexibility index (Phi) is 5.16. The molecular formula is C19H22N2O5. The molecule has 1 aromatic heterocycles. The molecule has 1 aromatic carbocycles. The second-order valence-corrected chi connectivity index (χ2v) is 6.16. The minimum Gasteiger partial charge on any atom is -0.493 e. The highest BCUT2D eigenvalue weighted by Crippen LogP contribution is 2.33. The lowest BCUT2D eigenvalue weighted by molar-refractivity contribution is -0.133. The Labute approximate surface area is 151 Å². The maximum atomic E-state index is 12.7. The predicted octanol–water partition coefficient (Wildman–Crippen LogP) is 2.00. The number of hydrogen-bond donors (Lipinski definition) is 1. The molecule has 2 heterocycles. The summed E-state index contributed by atoms with van der Waals surface area (Å²) >= 11 is 0. The van der Waals surface area contributed by atoms with Crippen molar-refractivity contribution < 1.29 is 23.5 Å². The van der Waals surface area contributed by atoms with Crippen LogP contribution in [0.25, 0.3) is 0 Å². The van der Waals surface area contributed by atoms with Gasteiger partial charge in [-0.25, -0.2) is 0 Å². The average Bonchev–Trinajstić information content (AvgIpc) is 3.20. The molecule has 7 nitrogen and oxygen atoms in total. The summed E-state index contributed by atoms with van der Waals surface area (Å²) < 4.78 is 15.7. The third kappa shape index (κ3) is 3.51. The topological polar surface area (TPSA) is 81.0 Å². The van der Waals surface area contributed by atoms with E-state index in [4.69, 9.17) is 13.9 Å². The zero-order valence-electron chi connectivity index (χ0n) is 15.1. The zero-order valence-corrected chi connectivity index (χ0v) is 15.1. The van der Waals surface area contributed by atoms with Gasteiger partial charge in [-0.1, -0.05) is 0 Å². The second kappa shape index (κ2) is 7.51. The normalized spacial score (nSPS) is 14.3. The van der Waals surface area contributed by atoms with Crippen LogP contribution in [0.3, 0.4) is 0 Å². The van der Waals surface area contributed by atoms with E-state index >= 15 is 0 Å². The van der Waals surface area contributed by atoms with E-state index in [1.807, 2.05) is 12.1 Å². The van der Waals surface area contributed by atoms with Crippen molar-refractivity contribution in [2.75, 3.05) is 20.8 Å². The van der Waals surface area contributed by atoms with Gasteiger partial charge in [-0.05, 0) is 48.7 Å². The van der Waals surface area contributed by atoms with Crippen LogP contribution in [0.1, 0.15) is 28.6 Å². The number of carbonyl (C=O) groups excluding carboxylic acids is 2. The Balaban J connectivity index is 1.69. The Morgan fingerprint density at radius 3 is 2.50 bits per heavy atom. The van der Waals surface area contributed by atoms with Gasteiger partial charge in [0.1, 0.15) is 6.04 Å². The van der Waals surface area contributed by atoms with E-state index in [9.17, 15) is 9.59 Å². The van der Waals surface area contributed by atoms with E-state index < -0.39 is 11.9 Å². The summed E-state index contributed by atoms with van der Waals surface area (Å²) in [5.74, 6) is 0.973. The van der Waals surface area contributed by atoms with Crippen LogP contribution in [-0.4, -0.2) is 43.5 Å². The molecule has 1 atom stereocenters. The first-order chi connectivity index (χ1) is 12.5. The molecule has 0 saturated carbocycles. The first-order valence-electron chi connectivity index (χ1n) is 8.40. The number of nitrogens with one attached hydrogen (secondary N) is 1. The molecule has 0 bridgehead atoms. The zero-order chi connectivity index (χ0) is 18.7. The fourth-order valence-electron chi connectivity index (χ4n) is 3.08. The summed E-state index contributed by atoms with van der Waals surface area (Å²) in [6.45, 7) is 2.73. The van der Waals surface area contributed by atoms with Crippen LogP contribution in [-0.2, 0) is 17.8 Å². The van der Waals surface area contributed by atoms with Crippen molar-refractivity contribution in [2.24, 2.45) is 0 Å². The number of ether oxygens (including phenoxy) is 2. The first kappa shape index (κ1) is 17.8. The number of methoxy groups -OCH3 is 2. The standard InChI is InChI=1S/C19H22N2O5/c1-12(20-18(22)15-5-4-8-26-15)19(23)21-7-6-13-9-16(24-2)17(25-3)10-14(13)11-21/h4-5,8-10,12H,6-7,11H2,1-3H3,(H,20,22). The highest BCUT2D eigenvalue weighted by molar-refractivity contribution is 5.95. The lowest BCUT2D eigenvalue weighted by Crippen LogP contribution is -2.48. The molecule has 1 aliphatic heterocycles. The molecule has 138 valence electrons. The van der Waals surface area contributed by atoms with E-state index in [0.717, 1.165) is 17.5 Å². The molecule has 0 fully saturated rings. The van der Waals surface area contributed by atoms with E-state index in [1.54, 1.807) is 38.2 Å². The van der Waals surface area contributed by atoms with Crippen LogP contribution in [0.4, 0.5) is 0 Å². The van der Waals surface area contributed by atoms with Crippen LogP contribution in [0.2, 0.25) is 0 Å². The van der Waals surface area contributed by atoms with Gasteiger partial charge in [-0.2, -0.15) is 0 Å². The molecular weight excluding hydrogens is 336 g/mol. The summed E-state index contributed by atoms with van der Waals surface area (Å²) in [4.78, 5) is 26.5. The second-order valence-electron chi connectivity index (χ2n) is 6.16. The number of carbonyl (C=O) groups is 2. The Hall–Kier alpha value is -2.96. The molecule has 1 unspecified atom stereocenters. The lowest BCUT2D eigenvalue weighted by Gasteiger charge is -2.31. The monoisotopic (exact) mass is 358 g/mol. The molecule has 2 aromatic rings. The van der Waals surface area contributed by atoms with Gasteiger partial charge in [-0.3, -0.25) is 9.59 Å². The average molecular weight is 358 g/mol. The Morgan fingerprint density at radius 1 is 1.19 bits per heavy atom. The fraction of sp³-hybridized carbons (Fsp3) is 0.368. The van der Waals surface area contributed by atoms with Crippen molar-refractivity contribution in [2.45, 2.75) is 25.9 Å². The Bertz CT molecular complexity index is 801. The van der Waals surface area contributed by atoms with Crippen LogP contribution < -0.4 is 14.8 Å². The third-order valence-electron chi connectivity index (χ3n) is 4.49. The fourth-order valence-corrected chi connectivity index (χ4v) is 3.08. The molecule has 7 heteroatoms. The number of fused-ring (bicyclic) bond motifs is 1. The van der Waals surface area contributed by atoms with Crippen molar-refractivity contribution in [3.05, 3.63) is 47.4 Å². The van der Waals surface area contributed by atoms with E-state index in [-0.39, 0.29) is 11.7 Å². The maximum absolute atomic E-state index is 12.7. The quantitative estimate of drug-likeness (QED) is 0.884. The van der Waals surface area contributed by atoms with E-state index in [1.165, 1.54) is 6.26 Å². The van der Waals surface area contributed by atoms with Crippen molar-refractivity contribution in [3.8, 4) is 11.5 Å². The number of furan rings is 1. The van der Waals surface area contributed by atoms with Crippen LogP contribution >= 0.6 is 0 Å². The predicted molar refractivity (Wildman–Crippen MR) is 94.3 cm³/mol. The largest absolute Gasteiger partial charge is 0.493 e. The molecule has 1 N–H and O–H groups in total. The molecule has 1 aliphatic rings. The molecule has 0 saturated heterocycles. The molecule has 0 spiro atoms. The lowest BCUT2D eigenvalue weighted by atomic mass is 9.98. The Morgan fingerprint density at radius 2 is 1.88 bits per heavy atom. The summed E-state index contributed by atoms with van der Waals surface area (Å²) in [5, 5.41) is 2.68. The SMILES string of the molecule is COc1cc2c(cc1OC)CN(C(=O)C(C)NC(=O)c1ccco1)CC2. The highest BCUT2D eigenvalue weighted by atomic mass is 16.5. The van der Waals surface area contributed by atoms with Crippen LogP contribution in [0.15, 0.2) is 34.9 Å². The molecule has 3 rings (SSSR count). The van der Waals surface area contributed by atoms with Gasteiger partial charge < -0.3 is 24.1 Å². The van der Waals surface area contributed by atoms with Gasteiger partial charge in [0.2, 0.25) is 5.91 Å². The number of amides is 2. The van der Waals surface area contributed by atoms with Crippen molar-refractivity contribution in [1.82, 2.24) is 10.2 Å². The molecule has 26 heavy (non-hydrogen) atoms. The van der Waals surface area contributed by atoms with Crippen molar-refractivity contribution in [1.29, 1.82) is 0 Å². The number of rotatable bonds is 5. The van der Waals surface area contributed by atoms with Crippen molar-refractivity contribution in [3.63, 3.8) is 0 Å². The van der Waals surface area contributed by atoms with Gasteiger partial charge in [-0.15, -0.1) is 0 Å². The van der Waals surface area contributed by atoms with Gasteiger partial charge >= 0.3 is 0 Å². The molecule has 0 radical (unpaired) electrons. The highest BCUT2D eigenvalue weighted by Gasteiger charge is 2.27. The van der Waals surface area contributed by atoms with E-state index in [2.05, 4.69) is 5.32 Å². The summed E-state index contributed by atoms with van der Waals surface area (Å²) in [6.07, 6.45) is 2.14. The number of nitrogens with zero attached hydrogens (tertiary/aromatic N) is 1. The third-order valence-corrected chi connectivity index (χ3v) is 4.49.